The summed E-state index contributed by atoms with van der Waals surface area (Å²) in [5.41, 5.74) is 5.36. The number of aliphatic carboxylic acids is 3. The molecule has 9 N–H and O–H groups in total. The molecule has 0 aromatic rings. The second kappa shape index (κ2) is 13.1. The Kier molecular flexibility index (Phi) is 11.7. The van der Waals surface area contributed by atoms with Gasteiger partial charge in [0, 0.05) is 0 Å². The predicted octanol–water partition coefficient (Wildman–Crippen LogP) is -3.16. The molecule has 0 aromatic heterocycles. The lowest BCUT2D eigenvalue weighted by atomic mass is 9.98. The molecule has 5 unspecified atom stereocenters. The van der Waals surface area contributed by atoms with E-state index in [0.29, 0.717) is 6.42 Å². The fraction of sp³-hybridized carbons (Fsp3) is 0.647. The molecule has 0 aliphatic rings. The van der Waals surface area contributed by atoms with E-state index in [1.165, 1.54) is 0 Å². The summed E-state index contributed by atoms with van der Waals surface area (Å²) in [5.74, 6) is -8.02. The normalized spacial score (nSPS) is 15.5. The third-order valence-electron chi connectivity index (χ3n) is 4.34. The monoisotopic (exact) mass is 448 g/mol. The maximum atomic E-state index is 12.4. The summed E-state index contributed by atoms with van der Waals surface area (Å²) in [6, 6.07) is -6.24. The van der Waals surface area contributed by atoms with Gasteiger partial charge in [-0.2, -0.15) is 0 Å². The van der Waals surface area contributed by atoms with E-state index >= 15 is 0 Å². The zero-order valence-corrected chi connectivity index (χ0v) is 17.0. The second-order valence-electron chi connectivity index (χ2n) is 6.82. The van der Waals surface area contributed by atoms with Crippen LogP contribution in [-0.2, 0) is 28.8 Å². The Morgan fingerprint density at radius 3 is 1.71 bits per heavy atom. The van der Waals surface area contributed by atoms with Gasteiger partial charge in [-0.25, -0.2) is 4.79 Å². The van der Waals surface area contributed by atoms with Crippen LogP contribution in [0.2, 0.25) is 0 Å². The Hall–Kier alpha value is -3.26. The Labute approximate surface area is 177 Å². The largest absolute Gasteiger partial charge is 0.481 e. The number of carbonyl (C=O) groups excluding carboxylic acids is 3. The molecular weight excluding hydrogens is 420 g/mol. The zero-order chi connectivity index (χ0) is 24.3. The van der Waals surface area contributed by atoms with Gasteiger partial charge >= 0.3 is 17.9 Å². The first kappa shape index (κ1) is 27.7. The van der Waals surface area contributed by atoms with Crippen LogP contribution in [0.3, 0.4) is 0 Å². The molecular formula is C17H28N4O10. The van der Waals surface area contributed by atoms with E-state index in [-0.39, 0.29) is 0 Å². The van der Waals surface area contributed by atoms with E-state index in [2.05, 4.69) is 5.32 Å². The summed E-state index contributed by atoms with van der Waals surface area (Å²) in [4.78, 5) is 69.6. The highest BCUT2D eigenvalue weighted by atomic mass is 16.4. The van der Waals surface area contributed by atoms with E-state index in [1.54, 1.807) is 13.8 Å². The highest BCUT2D eigenvalue weighted by molar-refractivity contribution is 5.96. The summed E-state index contributed by atoms with van der Waals surface area (Å²) in [6.07, 6.45) is -1.26. The Bertz CT molecular complexity index is 698. The smallest absolute Gasteiger partial charge is 0.326 e. The molecule has 0 aliphatic carbocycles. The van der Waals surface area contributed by atoms with E-state index in [9.17, 15) is 39.0 Å². The number of aliphatic hydroxyl groups excluding tert-OH is 1. The molecule has 5 atom stereocenters. The molecule has 0 rings (SSSR count). The van der Waals surface area contributed by atoms with Crippen LogP contribution in [-0.4, -0.2) is 86.8 Å². The number of rotatable bonds is 14. The van der Waals surface area contributed by atoms with Crippen LogP contribution in [0.25, 0.3) is 0 Å². The topological polar surface area (TPSA) is 245 Å². The van der Waals surface area contributed by atoms with Crippen LogP contribution in [0.15, 0.2) is 0 Å². The van der Waals surface area contributed by atoms with Crippen LogP contribution in [0.4, 0.5) is 0 Å². The van der Waals surface area contributed by atoms with Gasteiger partial charge in [0.05, 0.1) is 25.5 Å². The molecule has 0 radical (unpaired) electrons. The SMILES string of the molecule is CCC(C)C(NC(=O)C(CC(=O)O)NC(=O)C(CO)NC(=O)C(N)CC(=O)O)C(=O)O. The van der Waals surface area contributed by atoms with Crippen molar-refractivity contribution < 1.29 is 49.2 Å². The van der Waals surface area contributed by atoms with Crippen molar-refractivity contribution in [1.82, 2.24) is 16.0 Å². The second-order valence-corrected chi connectivity index (χ2v) is 6.82. The van der Waals surface area contributed by atoms with Crippen molar-refractivity contribution in [3.05, 3.63) is 0 Å². The van der Waals surface area contributed by atoms with Crippen molar-refractivity contribution in [2.24, 2.45) is 11.7 Å². The van der Waals surface area contributed by atoms with Crippen molar-refractivity contribution in [3.63, 3.8) is 0 Å². The van der Waals surface area contributed by atoms with Crippen molar-refractivity contribution in [2.75, 3.05) is 6.61 Å². The van der Waals surface area contributed by atoms with Crippen LogP contribution in [0, 0.1) is 5.92 Å². The first-order valence-corrected chi connectivity index (χ1v) is 9.27. The number of carboxylic acid groups (broad SMARTS) is 3. The van der Waals surface area contributed by atoms with Crippen LogP contribution in [0.1, 0.15) is 33.1 Å². The average Bonchev–Trinajstić information content (AvgIpc) is 2.67. The molecule has 0 saturated carbocycles. The number of hydrogen-bond donors (Lipinski definition) is 8. The number of hydrogen-bond acceptors (Lipinski definition) is 8. The molecule has 14 heteroatoms. The third kappa shape index (κ3) is 9.86. The zero-order valence-electron chi connectivity index (χ0n) is 17.0. The van der Waals surface area contributed by atoms with Crippen molar-refractivity contribution in [2.45, 2.75) is 57.3 Å². The van der Waals surface area contributed by atoms with Crippen molar-refractivity contribution >= 4 is 35.6 Å². The standard InChI is InChI=1S/C17H28N4O10/c1-3-7(2)13(17(30)31)21-15(28)9(5-12(25)26)19-16(29)10(6-22)20-14(27)8(18)4-11(23)24/h7-10,13,22H,3-6,18H2,1-2H3,(H,19,29)(H,20,27)(H,21,28)(H,23,24)(H,25,26)(H,30,31). The van der Waals surface area contributed by atoms with Crippen LogP contribution in [0.5, 0.6) is 0 Å². The van der Waals surface area contributed by atoms with Gasteiger partial charge in [0.15, 0.2) is 0 Å². The van der Waals surface area contributed by atoms with E-state index in [4.69, 9.17) is 15.9 Å². The number of amides is 3. The summed E-state index contributed by atoms with van der Waals surface area (Å²) >= 11 is 0. The first-order valence-electron chi connectivity index (χ1n) is 9.27. The predicted molar refractivity (Wildman–Crippen MR) is 102 cm³/mol. The fourth-order valence-electron chi connectivity index (χ4n) is 2.35. The first-order chi connectivity index (χ1) is 14.3. The lowest BCUT2D eigenvalue weighted by molar-refractivity contribution is -0.144. The number of carbonyl (C=O) groups is 6. The molecule has 3 amide bonds. The quantitative estimate of drug-likeness (QED) is 0.132. The van der Waals surface area contributed by atoms with E-state index < -0.39 is 85.2 Å². The molecule has 0 spiro atoms. The van der Waals surface area contributed by atoms with Gasteiger partial charge < -0.3 is 42.1 Å². The summed E-state index contributed by atoms with van der Waals surface area (Å²) < 4.78 is 0. The molecule has 0 heterocycles. The Balaban J connectivity index is 5.34. The summed E-state index contributed by atoms with van der Waals surface area (Å²) in [5, 5.41) is 42.4. The molecule has 0 fully saturated rings. The fourth-order valence-corrected chi connectivity index (χ4v) is 2.35. The molecule has 0 saturated heterocycles. The van der Waals surface area contributed by atoms with Gasteiger partial charge in [-0.1, -0.05) is 20.3 Å². The molecule has 0 bridgehead atoms. The molecule has 176 valence electrons. The molecule has 0 aliphatic heterocycles. The van der Waals surface area contributed by atoms with E-state index in [1.807, 2.05) is 10.6 Å². The third-order valence-corrected chi connectivity index (χ3v) is 4.34. The van der Waals surface area contributed by atoms with Gasteiger partial charge in [-0.3, -0.25) is 24.0 Å². The highest BCUT2D eigenvalue weighted by Crippen LogP contribution is 2.09. The highest BCUT2D eigenvalue weighted by Gasteiger charge is 2.33. The van der Waals surface area contributed by atoms with Gasteiger partial charge in [0.25, 0.3) is 0 Å². The minimum absolute atomic E-state index is 0.391. The number of nitrogens with two attached hydrogens (primary N) is 1. The number of carboxylic acids is 3. The lowest BCUT2D eigenvalue weighted by Gasteiger charge is -2.25. The number of aliphatic hydroxyl groups is 1. The van der Waals surface area contributed by atoms with Crippen molar-refractivity contribution in [1.29, 1.82) is 0 Å². The maximum Gasteiger partial charge on any atom is 0.326 e. The minimum atomic E-state index is -1.71. The van der Waals surface area contributed by atoms with Gasteiger partial charge in [-0.05, 0) is 5.92 Å². The lowest BCUT2D eigenvalue weighted by Crippen LogP contribution is -2.59. The van der Waals surface area contributed by atoms with Gasteiger partial charge in [0.1, 0.15) is 18.1 Å². The van der Waals surface area contributed by atoms with Crippen LogP contribution >= 0.6 is 0 Å². The van der Waals surface area contributed by atoms with Crippen LogP contribution < -0.4 is 21.7 Å². The maximum absolute atomic E-state index is 12.4. The Morgan fingerprint density at radius 2 is 1.29 bits per heavy atom. The molecule has 14 nitrogen and oxygen atoms in total. The molecule has 31 heavy (non-hydrogen) atoms. The van der Waals surface area contributed by atoms with Gasteiger partial charge in [0.2, 0.25) is 17.7 Å². The summed E-state index contributed by atoms with van der Waals surface area (Å²) in [6.45, 7) is 2.28. The van der Waals surface area contributed by atoms with Gasteiger partial charge in [-0.15, -0.1) is 0 Å². The molecule has 0 aromatic carbocycles. The Morgan fingerprint density at radius 1 is 0.806 bits per heavy atom. The summed E-state index contributed by atoms with van der Waals surface area (Å²) in [7, 11) is 0. The minimum Gasteiger partial charge on any atom is -0.481 e. The number of nitrogens with one attached hydrogen (secondary N) is 3. The average molecular weight is 448 g/mol. The van der Waals surface area contributed by atoms with Crippen molar-refractivity contribution in [3.8, 4) is 0 Å². The van der Waals surface area contributed by atoms with E-state index in [0.717, 1.165) is 0 Å².